The molecular weight excluding hydrogens is 719 g/mol. The van der Waals surface area contributed by atoms with Crippen LogP contribution in [0.2, 0.25) is 0 Å². The highest BCUT2D eigenvalue weighted by atomic mass is 31.2. The molecule has 0 aromatic carbocycles. The van der Waals surface area contributed by atoms with Gasteiger partial charge in [-0.1, -0.05) is 107 Å². The second-order valence-electron chi connectivity index (χ2n) is 13.4. The van der Waals surface area contributed by atoms with Crippen LogP contribution in [0.5, 0.6) is 0 Å². The van der Waals surface area contributed by atoms with E-state index in [0.717, 1.165) is 44.9 Å². The molecular formula is C40H67O13P. The van der Waals surface area contributed by atoms with Gasteiger partial charge in [0.25, 0.3) is 0 Å². The molecule has 0 saturated heterocycles. The van der Waals surface area contributed by atoms with Gasteiger partial charge in [0.05, 0.1) is 6.61 Å². The highest BCUT2D eigenvalue weighted by Crippen LogP contribution is 2.47. The van der Waals surface area contributed by atoms with Crippen LogP contribution >= 0.6 is 7.82 Å². The van der Waals surface area contributed by atoms with E-state index in [1.807, 2.05) is 12.2 Å². The predicted octanol–water partition coefficient (Wildman–Crippen LogP) is 6.21. The molecule has 0 aliphatic heterocycles. The van der Waals surface area contributed by atoms with Crippen molar-refractivity contribution in [2.24, 2.45) is 0 Å². The summed E-state index contributed by atoms with van der Waals surface area (Å²) in [5, 5.41) is 49.9. The molecule has 13 nitrogen and oxygen atoms in total. The molecule has 1 fully saturated rings. The smallest absolute Gasteiger partial charge is 0.462 e. The molecule has 0 heterocycles. The van der Waals surface area contributed by atoms with Gasteiger partial charge in [0.1, 0.15) is 43.2 Å². The molecule has 1 rings (SSSR count). The van der Waals surface area contributed by atoms with Gasteiger partial charge in [-0.2, -0.15) is 0 Å². The summed E-state index contributed by atoms with van der Waals surface area (Å²) in [6.45, 7) is 3.04. The Morgan fingerprint density at radius 1 is 0.593 bits per heavy atom. The van der Waals surface area contributed by atoms with Crippen molar-refractivity contribution in [1.29, 1.82) is 0 Å². The minimum Gasteiger partial charge on any atom is -0.462 e. The summed E-state index contributed by atoms with van der Waals surface area (Å²) in [6, 6.07) is 0. The zero-order chi connectivity index (χ0) is 40.0. The summed E-state index contributed by atoms with van der Waals surface area (Å²) < 4.78 is 33.2. The van der Waals surface area contributed by atoms with Crippen LogP contribution in [0.1, 0.15) is 123 Å². The number of hydrogen-bond acceptors (Lipinski definition) is 12. The van der Waals surface area contributed by atoms with E-state index in [0.29, 0.717) is 12.8 Å². The number of aliphatic hydroxyl groups excluding tert-OH is 5. The normalized spacial score (nSPS) is 23.9. The zero-order valence-electron chi connectivity index (χ0n) is 32.2. The number of rotatable bonds is 30. The van der Waals surface area contributed by atoms with Gasteiger partial charge in [0, 0.05) is 12.8 Å². The molecule has 0 spiro atoms. The van der Waals surface area contributed by atoms with Gasteiger partial charge in [-0.25, -0.2) is 4.57 Å². The van der Waals surface area contributed by atoms with Gasteiger partial charge in [0.2, 0.25) is 0 Å². The molecule has 0 radical (unpaired) electrons. The molecule has 0 aromatic heterocycles. The van der Waals surface area contributed by atoms with Crippen LogP contribution in [-0.4, -0.2) is 98.3 Å². The quantitative estimate of drug-likeness (QED) is 0.0207. The maximum atomic E-state index is 12.7. The van der Waals surface area contributed by atoms with E-state index >= 15 is 0 Å². The number of hydrogen-bond donors (Lipinski definition) is 6. The van der Waals surface area contributed by atoms with E-state index in [1.165, 1.54) is 38.5 Å². The number of esters is 2. The fraction of sp³-hybridized carbons (Fsp3) is 0.700. The topological polar surface area (TPSA) is 210 Å². The van der Waals surface area contributed by atoms with E-state index in [1.54, 1.807) is 0 Å². The second kappa shape index (κ2) is 30.7. The van der Waals surface area contributed by atoms with Gasteiger partial charge in [0.15, 0.2) is 6.10 Å². The average Bonchev–Trinajstić information content (AvgIpc) is 3.15. The maximum absolute atomic E-state index is 12.7. The van der Waals surface area contributed by atoms with Crippen molar-refractivity contribution in [3.05, 3.63) is 60.8 Å². The zero-order valence-corrected chi connectivity index (χ0v) is 33.1. The van der Waals surface area contributed by atoms with Crippen LogP contribution < -0.4 is 0 Å². The van der Waals surface area contributed by atoms with E-state index in [4.69, 9.17) is 18.5 Å². The number of allylic oxidation sites excluding steroid dienone is 10. The monoisotopic (exact) mass is 786 g/mol. The van der Waals surface area contributed by atoms with Gasteiger partial charge in [-0.05, 0) is 64.2 Å². The summed E-state index contributed by atoms with van der Waals surface area (Å²) in [7, 11) is -5.13. The number of ether oxygens (including phenoxy) is 2. The Hall–Kier alpha value is -2.45. The summed E-state index contributed by atoms with van der Waals surface area (Å²) in [4.78, 5) is 35.4. The van der Waals surface area contributed by atoms with Crippen LogP contribution in [0.25, 0.3) is 0 Å². The summed E-state index contributed by atoms with van der Waals surface area (Å²) in [5.74, 6) is -1.23. The lowest BCUT2D eigenvalue weighted by atomic mass is 9.85. The Balaban J connectivity index is 2.62. The van der Waals surface area contributed by atoms with Gasteiger partial charge in [-0.3, -0.25) is 18.6 Å². The van der Waals surface area contributed by atoms with Crippen LogP contribution in [0.4, 0.5) is 0 Å². The fourth-order valence-corrected chi connectivity index (χ4v) is 6.38. The van der Waals surface area contributed by atoms with Crippen LogP contribution in [0, 0.1) is 0 Å². The molecule has 0 amide bonds. The first-order valence-corrected chi connectivity index (χ1v) is 21.1. The first-order valence-electron chi connectivity index (χ1n) is 19.6. The fourth-order valence-electron chi connectivity index (χ4n) is 5.41. The lowest BCUT2D eigenvalue weighted by Crippen LogP contribution is -2.64. The van der Waals surface area contributed by atoms with Crippen molar-refractivity contribution >= 4 is 19.8 Å². The number of phosphoric ester groups is 1. The van der Waals surface area contributed by atoms with Crippen LogP contribution in [0.3, 0.4) is 0 Å². The number of carbonyl (C=O) groups excluding carboxylic acids is 2. The number of unbranched alkanes of at least 4 members (excludes halogenated alkanes) is 8. The lowest BCUT2D eigenvalue weighted by molar-refractivity contribution is -0.220. The van der Waals surface area contributed by atoms with Crippen molar-refractivity contribution in [2.45, 2.75) is 166 Å². The van der Waals surface area contributed by atoms with Gasteiger partial charge >= 0.3 is 19.8 Å². The third-order valence-electron chi connectivity index (χ3n) is 8.61. The molecule has 1 aliphatic rings. The van der Waals surface area contributed by atoms with Crippen molar-refractivity contribution in [3.63, 3.8) is 0 Å². The minimum absolute atomic E-state index is 0.0204. The molecule has 7 unspecified atom stereocenters. The number of aliphatic hydroxyl groups is 5. The predicted molar refractivity (Wildman–Crippen MR) is 207 cm³/mol. The summed E-state index contributed by atoms with van der Waals surface area (Å²) in [6.07, 6.45) is 21.8. The molecule has 310 valence electrons. The van der Waals surface area contributed by atoms with E-state index in [-0.39, 0.29) is 12.8 Å². The maximum Gasteiger partial charge on any atom is 0.472 e. The second-order valence-corrected chi connectivity index (χ2v) is 14.8. The molecule has 54 heavy (non-hydrogen) atoms. The Morgan fingerprint density at radius 2 is 1.09 bits per heavy atom. The summed E-state index contributed by atoms with van der Waals surface area (Å²) in [5.41, 5.74) is 0. The van der Waals surface area contributed by atoms with Crippen LogP contribution in [0.15, 0.2) is 60.8 Å². The first-order chi connectivity index (χ1) is 25.9. The van der Waals surface area contributed by atoms with Crippen molar-refractivity contribution in [3.8, 4) is 0 Å². The molecule has 0 aromatic rings. The standard InChI is InChI=1S/C40H67O13P/c1-3-5-7-9-11-13-15-17-19-21-23-25-27-29-34(42)52-32(30-50-33(41)28-26-24-22-20-18-16-14-12-10-8-6-4-2)31-51-54(48,49)53-40-38(46)36(44)35(43)37(45)39(40)47/h6,8,12,14,17-20,23,25,32,35-40,43-47H,3-5,7,9-11,13,15-16,21-22,24,26-31H2,1-2H3,(H,48,49)/b8-6+,14-12+,19-17+,20-18+,25-23+/t32?,35?,36-,37?,38?,39?,40?/m1/s1. The highest BCUT2D eigenvalue weighted by Gasteiger charge is 2.51. The largest absolute Gasteiger partial charge is 0.472 e. The van der Waals surface area contributed by atoms with Crippen molar-refractivity contribution in [2.75, 3.05) is 13.2 Å². The minimum atomic E-state index is -5.13. The Kier molecular flexibility index (Phi) is 28.2. The molecule has 14 heteroatoms. The molecule has 1 aliphatic carbocycles. The average molecular weight is 787 g/mol. The first kappa shape index (κ1) is 49.6. The summed E-state index contributed by atoms with van der Waals surface area (Å²) >= 11 is 0. The molecule has 8 atom stereocenters. The highest BCUT2D eigenvalue weighted by molar-refractivity contribution is 7.47. The Bertz CT molecular complexity index is 1180. The SMILES string of the molecule is CC/C=C/C/C=C/C/C=C/CCCCC(=O)OCC(COP(=O)(O)OC1C(O)C(O)C(O)[C@@H](O)C1O)OC(=O)CC/C=C/C/C=C/CCCCCCCC. The number of carbonyl (C=O) groups is 2. The van der Waals surface area contributed by atoms with E-state index in [2.05, 4.69) is 62.5 Å². The molecule has 1 saturated carbocycles. The van der Waals surface area contributed by atoms with Crippen LogP contribution in [-0.2, 0) is 32.7 Å². The van der Waals surface area contributed by atoms with Crippen molar-refractivity contribution < 1.29 is 63.1 Å². The van der Waals surface area contributed by atoms with E-state index in [9.17, 15) is 44.6 Å². The lowest BCUT2D eigenvalue weighted by Gasteiger charge is -2.41. The van der Waals surface area contributed by atoms with Gasteiger partial charge < -0.3 is 39.9 Å². The Morgan fingerprint density at radius 3 is 1.69 bits per heavy atom. The molecule has 6 N–H and O–H groups in total. The van der Waals surface area contributed by atoms with Crippen molar-refractivity contribution in [1.82, 2.24) is 0 Å². The third kappa shape index (κ3) is 23.5. The Labute approximate surface area is 322 Å². The molecule has 0 bridgehead atoms. The van der Waals surface area contributed by atoms with E-state index < -0.39 is 75.7 Å². The van der Waals surface area contributed by atoms with Gasteiger partial charge in [-0.15, -0.1) is 0 Å². The third-order valence-corrected chi connectivity index (χ3v) is 9.59. The number of phosphoric acid groups is 1.